The Kier molecular flexibility index (Phi) is 8.07. The number of hydrogen-bond acceptors (Lipinski definition) is 4. The topological polar surface area (TPSA) is 69.7 Å². The van der Waals surface area contributed by atoms with E-state index in [0.717, 1.165) is 12.1 Å². The second-order valence-electron chi connectivity index (χ2n) is 9.00. The van der Waals surface area contributed by atoms with Gasteiger partial charge in [0, 0.05) is 37.1 Å². The van der Waals surface area contributed by atoms with E-state index in [-0.39, 0.29) is 16.7 Å². The van der Waals surface area contributed by atoms with E-state index in [1.807, 2.05) is 0 Å². The predicted molar refractivity (Wildman–Crippen MR) is 130 cm³/mol. The molecule has 0 spiro atoms. The number of rotatable bonds is 7. The monoisotopic (exact) mass is 489 g/mol. The van der Waals surface area contributed by atoms with Gasteiger partial charge in [-0.1, -0.05) is 42.3 Å². The third-order valence-corrected chi connectivity index (χ3v) is 8.79. The molecule has 178 valence electrons. The van der Waals surface area contributed by atoms with Crippen LogP contribution in [-0.2, 0) is 27.9 Å². The molecule has 2 fully saturated rings. The molecule has 0 atom stereocenters. The minimum atomic E-state index is -3.56. The van der Waals surface area contributed by atoms with Crippen molar-refractivity contribution in [1.82, 2.24) is 14.5 Å². The van der Waals surface area contributed by atoms with Crippen molar-refractivity contribution < 1.29 is 13.2 Å². The molecular formula is C25H32ClN3O3S. The third-order valence-electron chi connectivity index (χ3n) is 6.62. The van der Waals surface area contributed by atoms with Gasteiger partial charge in [0.15, 0.2) is 0 Å². The zero-order chi connectivity index (χ0) is 23.3. The van der Waals surface area contributed by atoms with Gasteiger partial charge in [0.1, 0.15) is 0 Å². The van der Waals surface area contributed by atoms with Crippen LogP contribution in [0.15, 0.2) is 53.4 Å². The minimum absolute atomic E-state index is 0.00376. The molecule has 0 saturated carbocycles. The summed E-state index contributed by atoms with van der Waals surface area (Å²) in [6.45, 7) is 4.52. The molecule has 6 nitrogen and oxygen atoms in total. The molecule has 1 amide bonds. The van der Waals surface area contributed by atoms with Crippen LogP contribution < -0.4 is 5.32 Å². The van der Waals surface area contributed by atoms with Gasteiger partial charge in [0.25, 0.3) is 0 Å². The van der Waals surface area contributed by atoms with E-state index in [9.17, 15) is 13.2 Å². The fourth-order valence-electron chi connectivity index (χ4n) is 4.59. The summed E-state index contributed by atoms with van der Waals surface area (Å²) in [5.74, 6) is -0.170. The van der Waals surface area contributed by atoms with Crippen LogP contribution in [0.5, 0.6) is 0 Å². The largest absolute Gasteiger partial charge is 0.352 e. The Morgan fingerprint density at radius 3 is 2.12 bits per heavy atom. The van der Waals surface area contributed by atoms with Crippen molar-refractivity contribution in [3.8, 4) is 0 Å². The smallest absolute Gasteiger partial charge is 0.243 e. The maximum atomic E-state index is 12.8. The van der Waals surface area contributed by atoms with E-state index in [2.05, 4.69) is 34.5 Å². The van der Waals surface area contributed by atoms with Crippen LogP contribution in [0.4, 0.5) is 0 Å². The van der Waals surface area contributed by atoms with Gasteiger partial charge >= 0.3 is 0 Å². The van der Waals surface area contributed by atoms with Gasteiger partial charge in [-0.05, 0) is 74.2 Å². The van der Waals surface area contributed by atoms with Crippen molar-refractivity contribution in [2.75, 3.05) is 26.2 Å². The molecule has 2 aliphatic rings. The van der Waals surface area contributed by atoms with Gasteiger partial charge in [-0.2, -0.15) is 4.31 Å². The molecule has 2 aliphatic heterocycles. The molecule has 1 N–H and O–H groups in total. The summed E-state index contributed by atoms with van der Waals surface area (Å²) in [6, 6.07) is 14.7. The molecule has 8 heteroatoms. The van der Waals surface area contributed by atoms with Crippen molar-refractivity contribution >= 4 is 27.5 Å². The molecule has 0 aromatic heterocycles. The Labute approximate surface area is 202 Å². The zero-order valence-corrected chi connectivity index (χ0v) is 20.5. The second kappa shape index (κ2) is 11.0. The number of hydrogen-bond donors (Lipinski definition) is 1. The zero-order valence-electron chi connectivity index (χ0n) is 18.9. The number of halogens is 1. The number of benzene rings is 2. The highest BCUT2D eigenvalue weighted by molar-refractivity contribution is 7.89. The van der Waals surface area contributed by atoms with Crippen LogP contribution in [0.2, 0.25) is 5.02 Å². The lowest BCUT2D eigenvalue weighted by Crippen LogP contribution is -2.42. The molecule has 0 aliphatic carbocycles. The number of likely N-dealkylation sites (tertiary alicyclic amines) is 1. The lowest BCUT2D eigenvalue weighted by Gasteiger charge is -2.30. The van der Waals surface area contributed by atoms with Crippen molar-refractivity contribution in [3.63, 3.8) is 0 Å². The molecule has 2 saturated heterocycles. The van der Waals surface area contributed by atoms with Gasteiger partial charge < -0.3 is 5.32 Å². The van der Waals surface area contributed by atoms with Crippen molar-refractivity contribution in [1.29, 1.82) is 0 Å². The molecule has 0 radical (unpaired) electrons. The number of piperidine rings is 2. The summed E-state index contributed by atoms with van der Waals surface area (Å²) < 4.78 is 27.1. The van der Waals surface area contributed by atoms with E-state index >= 15 is 0 Å². The molecule has 33 heavy (non-hydrogen) atoms. The SMILES string of the molecule is O=C(NCc1ccc(CN2CCCCC2)cc1)C1CCN(S(=O)(=O)c2ccc(Cl)cc2)CC1. The van der Waals surface area contributed by atoms with Crippen molar-refractivity contribution in [2.24, 2.45) is 5.92 Å². The predicted octanol–water partition coefficient (Wildman–Crippen LogP) is 4.04. The molecule has 2 aromatic carbocycles. The van der Waals surface area contributed by atoms with E-state index in [1.54, 1.807) is 12.1 Å². The first-order chi connectivity index (χ1) is 15.9. The standard InChI is InChI=1S/C25H32ClN3O3S/c26-23-8-10-24(11-9-23)33(31,32)29-16-12-22(13-17-29)25(30)27-18-20-4-6-21(7-5-20)19-28-14-2-1-3-15-28/h4-11,22H,1-3,12-19H2,(H,27,30). The first-order valence-electron chi connectivity index (χ1n) is 11.8. The minimum Gasteiger partial charge on any atom is -0.352 e. The van der Waals surface area contributed by atoms with Crippen LogP contribution >= 0.6 is 11.6 Å². The summed E-state index contributed by atoms with van der Waals surface area (Å²) in [6.07, 6.45) is 4.96. The van der Waals surface area contributed by atoms with Crippen LogP contribution in [-0.4, -0.2) is 49.7 Å². The number of carbonyl (C=O) groups is 1. The normalized spacial score (nSPS) is 18.8. The van der Waals surface area contributed by atoms with Gasteiger partial charge in [-0.3, -0.25) is 9.69 Å². The number of sulfonamides is 1. The summed E-state index contributed by atoms with van der Waals surface area (Å²) in [7, 11) is -3.56. The van der Waals surface area contributed by atoms with Gasteiger partial charge in [0.2, 0.25) is 15.9 Å². The van der Waals surface area contributed by atoms with Gasteiger partial charge in [0.05, 0.1) is 4.90 Å². The highest BCUT2D eigenvalue weighted by Crippen LogP contribution is 2.25. The Balaban J connectivity index is 1.23. The summed E-state index contributed by atoms with van der Waals surface area (Å²) >= 11 is 5.87. The molecule has 2 heterocycles. The first-order valence-corrected chi connectivity index (χ1v) is 13.6. The van der Waals surface area contributed by atoms with Gasteiger partial charge in [-0.15, -0.1) is 0 Å². The van der Waals surface area contributed by atoms with Crippen LogP contribution in [0, 0.1) is 5.92 Å². The Bertz CT molecular complexity index is 1030. The van der Waals surface area contributed by atoms with Crippen molar-refractivity contribution in [3.05, 3.63) is 64.7 Å². The van der Waals surface area contributed by atoms with Crippen LogP contribution in [0.1, 0.15) is 43.2 Å². The molecule has 4 rings (SSSR count). The van der Waals surface area contributed by atoms with E-state index in [1.165, 1.54) is 54.4 Å². The van der Waals surface area contributed by atoms with Gasteiger partial charge in [-0.25, -0.2) is 8.42 Å². The summed E-state index contributed by atoms with van der Waals surface area (Å²) in [5.41, 5.74) is 2.38. The maximum absolute atomic E-state index is 12.8. The average molecular weight is 490 g/mol. The highest BCUT2D eigenvalue weighted by Gasteiger charge is 2.32. The lowest BCUT2D eigenvalue weighted by atomic mass is 9.97. The maximum Gasteiger partial charge on any atom is 0.243 e. The third kappa shape index (κ3) is 6.35. The molecule has 0 bridgehead atoms. The fraction of sp³-hybridized carbons (Fsp3) is 0.480. The number of carbonyl (C=O) groups excluding carboxylic acids is 1. The Hall–Kier alpha value is -1.93. The van der Waals surface area contributed by atoms with Crippen LogP contribution in [0.25, 0.3) is 0 Å². The summed E-state index contributed by atoms with van der Waals surface area (Å²) in [5, 5.41) is 3.53. The van der Waals surface area contributed by atoms with E-state index in [0.29, 0.717) is 37.5 Å². The lowest BCUT2D eigenvalue weighted by molar-refractivity contribution is -0.126. The summed E-state index contributed by atoms with van der Waals surface area (Å²) in [4.78, 5) is 15.4. The molecule has 0 unspecified atom stereocenters. The average Bonchev–Trinajstić information content (AvgIpc) is 2.84. The Morgan fingerprint density at radius 2 is 1.48 bits per heavy atom. The molecular weight excluding hydrogens is 458 g/mol. The number of amides is 1. The fourth-order valence-corrected chi connectivity index (χ4v) is 6.18. The van der Waals surface area contributed by atoms with E-state index in [4.69, 9.17) is 11.6 Å². The number of nitrogens with one attached hydrogen (secondary N) is 1. The number of nitrogens with zero attached hydrogens (tertiary/aromatic N) is 2. The van der Waals surface area contributed by atoms with E-state index < -0.39 is 10.0 Å². The quantitative estimate of drug-likeness (QED) is 0.637. The second-order valence-corrected chi connectivity index (χ2v) is 11.4. The Morgan fingerprint density at radius 1 is 0.879 bits per heavy atom. The first kappa shape index (κ1) is 24.2. The van der Waals surface area contributed by atoms with Crippen molar-refractivity contribution in [2.45, 2.75) is 50.1 Å². The molecule has 2 aromatic rings. The highest BCUT2D eigenvalue weighted by atomic mass is 35.5. The van der Waals surface area contributed by atoms with Crippen LogP contribution in [0.3, 0.4) is 0 Å².